The molecule has 0 heterocycles. The Kier molecular flexibility index (Phi) is 3.11. The van der Waals surface area contributed by atoms with Crippen molar-refractivity contribution < 1.29 is 31.9 Å². The summed E-state index contributed by atoms with van der Waals surface area (Å²) in [4.78, 5) is 10.6. The molecule has 17 heavy (non-hydrogen) atoms. The minimum Gasteiger partial charge on any atom is -0.479 e. The molecule has 3 N–H and O–H groups in total. The average Bonchev–Trinajstić information content (AvgIpc) is 2.19. The van der Waals surface area contributed by atoms with Crippen LogP contribution in [0.3, 0.4) is 0 Å². The predicted octanol–water partition coefficient (Wildman–Crippen LogP) is 1.77. The summed E-state index contributed by atoms with van der Waals surface area (Å²) in [5.74, 6) is -5.41. The molecule has 0 amide bonds. The van der Waals surface area contributed by atoms with E-state index in [4.69, 9.17) is 10.8 Å². The lowest BCUT2D eigenvalue weighted by atomic mass is 9.90. The van der Waals surface area contributed by atoms with Crippen LogP contribution in [0.5, 0.6) is 0 Å². The van der Waals surface area contributed by atoms with Gasteiger partial charge in [-0.05, 0) is 17.7 Å². The van der Waals surface area contributed by atoms with Gasteiger partial charge in [0.2, 0.25) is 5.54 Å². The van der Waals surface area contributed by atoms with Gasteiger partial charge in [0, 0.05) is 0 Å². The van der Waals surface area contributed by atoms with Gasteiger partial charge >= 0.3 is 12.1 Å². The van der Waals surface area contributed by atoms with E-state index in [9.17, 15) is 26.7 Å². The molecule has 0 aliphatic heterocycles. The molecule has 1 aromatic rings. The highest BCUT2D eigenvalue weighted by atomic mass is 19.4. The quantitative estimate of drug-likeness (QED) is 0.791. The zero-order valence-corrected chi connectivity index (χ0v) is 8.05. The Hall–Kier alpha value is -1.70. The number of benzene rings is 1. The van der Waals surface area contributed by atoms with Crippen molar-refractivity contribution in [1.82, 2.24) is 0 Å². The van der Waals surface area contributed by atoms with Crippen molar-refractivity contribution in [2.75, 3.05) is 0 Å². The maximum Gasteiger partial charge on any atom is 0.421 e. The molecule has 0 radical (unpaired) electrons. The van der Waals surface area contributed by atoms with Crippen LogP contribution in [-0.2, 0) is 10.3 Å². The third-order valence-corrected chi connectivity index (χ3v) is 2.16. The second-order valence-electron chi connectivity index (χ2n) is 3.24. The van der Waals surface area contributed by atoms with Crippen LogP contribution in [0.15, 0.2) is 18.2 Å². The summed E-state index contributed by atoms with van der Waals surface area (Å²) < 4.78 is 63.0. The number of carboxylic acids is 1. The Morgan fingerprint density at radius 3 is 2.06 bits per heavy atom. The summed E-state index contributed by atoms with van der Waals surface area (Å²) in [5.41, 5.74) is -0.118. The molecule has 8 heteroatoms. The van der Waals surface area contributed by atoms with Crippen LogP contribution >= 0.6 is 0 Å². The number of carbonyl (C=O) groups is 1. The van der Waals surface area contributed by atoms with E-state index < -0.39 is 34.9 Å². The van der Waals surface area contributed by atoms with Crippen LogP contribution in [-0.4, -0.2) is 17.3 Å². The number of hydrogen-bond acceptors (Lipinski definition) is 2. The SMILES string of the molecule is NC(C(=O)O)(c1ccc(F)c(F)c1)C(F)(F)F. The molecule has 94 valence electrons. The van der Waals surface area contributed by atoms with Crippen LogP contribution in [0.25, 0.3) is 0 Å². The summed E-state index contributed by atoms with van der Waals surface area (Å²) in [6.07, 6.45) is -5.34. The molecule has 0 aliphatic carbocycles. The highest BCUT2D eigenvalue weighted by Gasteiger charge is 2.59. The minimum absolute atomic E-state index is 0.108. The van der Waals surface area contributed by atoms with Gasteiger partial charge in [-0.15, -0.1) is 0 Å². The maximum absolute atomic E-state index is 12.8. The van der Waals surface area contributed by atoms with Crippen molar-refractivity contribution in [3.8, 4) is 0 Å². The van der Waals surface area contributed by atoms with Gasteiger partial charge in [-0.2, -0.15) is 13.2 Å². The van der Waals surface area contributed by atoms with Crippen molar-refractivity contribution in [3.63, 3.8) is 0 Å². The van der Waals surface area contributed by atoms with E-state index >= 15 is 0 Å². The first kappa shape index (κ1) is 13.4. The topological polar surface area (TPSA) is 63.3 Å². The molecule has 0 bridgehead atoms. The van der Waals surface area contributed by atoms with Gasteiger partial charge in [0.05, 0.1) is 0 Å². The lowest BCUT2D eigenvalue weighted by Crippen LogP contribution is -2.56. The fourth-order valence-electron chi connectivity index (χ4n) is 1.15. The number of aliphatic carboxylic acids is 1. The molecule has 0 saturated heterocycles. The number of alkyl halides is 3. The fourth-order valence-corrected chi connectivity index (χ4v) is 1.15. The summed E-state index contributed by atoms with van der Waals surface area (Å²) in [6, 6.07) is 0.956. The number of hydrogen-bond donors (Lipinski definition) is 2. The third kappa shape index (κ3) is 2.07. The number of halogens is 5. The van der Waals surface area contributed by atoms with E-state index in [0.717, 1.165) is 0 Å². The third-order valence-electron chi connectivity index (χ3n) is 2.16. The smallest absolute Gasteiger partial charge is 0.421 e. The minimum atomic E-state index is -5.34. The van der Waals surface area contributed by atoms with Gasteiger partial charge in [-0.3, -0.25) is 0 Å². The van der Waals surface area contributed by atoms with Gasteiger partial charge in [-0.1, -0.05) is 6.07 Å². The zero-order chi connectivity index (χ0) is 13.4. The fraction of sp³-hybridized carbons (Fsp3) is 0.222. The summed E-state index contributed by atoms with van der Waals surface area (Å²) in [6.45, 7) is 0. The molecule has 0 saturated carbocycles. The van der Waals surface area contributed by atoms with E-state index in [1.165, 1.54) is 0 Å². The highest BCUT2D eigenvalue weighted by Crippen LogP contribution is 2.37. The Bertz CT molecular complexity index is 459. The Morgan fingerprint density at radius 2 is 1.71 bits per heavy atom. The van der Waals surface area contributed by atoms with E-state index in [0.29, 0.717) is 12.1 Å². The number of rotatable bonds is 2. The molecular formula is C9H6F5NO2. The summed E-state index contributed by atoms with van der Waals surface area (Å²) in [7, 11) is 0. The van der Waals surface area contributed by atoms with Crippen molar-refractivity contribution in [2.45, 2.75) is 11.7 Å². The first-order chi connectivity index (χ1) is 7.60. The van der Waals surface area contributed by atoms with Crippen molar-refractivity contribution in [2.24, 2.45) is 5.73 Å². The molecule has 1 rings (SSSR count). The van der Waals surface area contributed by atoms with E-state index in [1.54, 1.807) is 0 Å². The van der Waals surface area contributed by atoms with Crippen molar-refractivity contribution in [1.29, 1.82) is 0 Å². The molecule has 1 unspecified atom stereocenters. The molecule has 0 aromatic heterocycles. The molecule has 1 aromatic carbocycles. The first-order valence-electron chi connectivity index (χ1n) is 4.15. The second-order valence-corrected chi connectivity index (χ2v) is 3.24. The van der Waals surface area contributed by atoms with Crippen LogP contribution < -0.4 is 5.73 Å². The lowest BCUT2D eigenvalue weighted by Gasteiger charge is -2.27. The van der Waals surface area contributed by atoms with Gasteiger partial charge < -0.3 is 10.8 Å². The van der Waals surface area contributed by atoms with Crippen LogP contribution in [0.1, 0.15) is 5.56 Å². The largest absolute Gasteiger partial charge is 0.479 e. The van der Waals surface area contributed by atoms with Gasteiger partial charge in [0.15, 0.2) is 11.6 Å². The normalized spacial score (nSPS) is 15.4. The van der Waals surface area contributed by atoms with Crippen LogP contribution in [0.4, 0.5) is 22.0 Å². The Morgan fingerprint density at radius 1 is 1.18 bits per heavy atom. The van der Waals surface area contributed by atoms with Gasteiger partial charge in [-0.25, -0.2) is 13.6 Å². The first-order valence-corrected chi connectivity index (χ1v) is 4.15. The molecule has 3 nitrogen and oxygen atoms in total. The average molecular weight is 255 g/mol. The Labute approximate surface area is 91.6 Å². The van der Waals surface area contributed by atoms with Crippen LogP contribution in [0.2, 0.25) is 0 Å². The maximum atomic E-state index is 12.8. The van der Waals surface area contributed by atoms with E-state index in [2.05, 4.69) is 0 Å². The molecule has 0 spiro atoms. The predicted molar refractivity (Wildman–Crippen MR) is 45.9 cm³/mol. The van der Waals surface area contributed by atoms with Gasteiger partial charge in [0.1, 0.15) is 0 Å². The monoisotopic (exact) mass is 255 g/mol. The Balaban J connectivity index is 3.44. The zero-order valence-electron chi connectivity index (χ0n) is 8.05. The molecule has 0 aliphatic rings. The van der Waals surface area contributed by atoms with Crippen molar-refractivity contribution >= 4 is 5.97 Å². The summed E-state index contributed by atoms with van der Waals surface area (Å²) >= 11 is 0. The number of carboxylic acid groups (broad SMARTS) is 1. The van der Waals surface area contributed by atoms with Gasteiger partial charge in [0.25, 0.3) is 0 Å². The standard InChI is InChI=1S/C9H6F5NO2/c10-5-2-1-4(3-6(5)11)8(15,7(16)17)9(12,13)14/h1-3H,15H2,(H,16,17). The highest BCUT2D eigenvalue weighted by molar-refractivity contribution is 5.81. The van der Waals surface area contributed by atoms with Crippen LogP contribution in [0, 0.1) is 11.6 Å². The number of nitrogens with two attached hydrogens (primary N) is 1. The lowest BCUT2D eigenvalue weighted by molar-refractivity contribution is -0.204. The van der Waals surface area contributed by atoms with E-state index in [-0.39, 0.29) is 6.07 Å². The molecule has 0 fully saturated rings. The molecular weight excluding hydrogens is 249 g/mol. The summed E-state index contributed by atoms with van der Waals surface area (Å²) in [5, 5.41) is 8.52. The second kappa shape index (κ2) is 3.95. The molecule has 1 atom stereocenters. The van der Waals surface area contributed by atoms with Crippen molar-refractivity contribution in [3.05, 3.63) is 35.4 Å². The van der Waals surface area contributed by atoms with E-state index in [1.807, 2.05) is 0 Å².